The van der Waals surface area contributed by atoms with E-state index < -0.39 is 5.54 Å². The summed E-state index contributed by atoms with van der Waals surface area (Å²) < 4.78 is 0. The number of carbonyl (C=O) groups excluding carboxylic acids is 1. The minimum absolute atomic E-state index is 0.135. The summed E-state index contributed by atoms with van der Waals surface area (Å²) in [6, 6.07) is 7.39. The number of hydrogen-bond donors (Lipinski definition) is 1. The fourth-order valence-corrected chi connectivity index (χ4v) is 2.06. The van der Waals surface area contributed by atoms with E-state index in [1.807, 2.05) is 18.2 Å². The Morgan fingerprint density at radius 1 is 1.47 bits per heavy atom. The highest BCUT2D eigenvalue weighted by Crippen LogP contribution is 2.31. The number of Topliss-reactive ketones (excluding diaryl/α,β-unsaturated/α-hetero) is 1. The van der Waals surface area contributed by atoms with Crippen molar-refractivity contribution in [1.29, 1.82) is 0 Å². The molecule has 1 fully saturated rings. The van der Waals surface area contributed by atoms with Gasteiger partial charge in [0.05, 0.1) is 5.54 Å². The molecule has 0 unspecified atom stereocenters. The average molecular weight is 224 g/mol. The van der Waals surface area contributed by atoms with Gasteiger partial charge in [-0.2, -0.15) is 0 Å². The number of ketones is 1. The van der Waals surface area contributed by atoms with E-state index in [1.165, 1.54) is 0 Å². The van der Waals surface area contributed by atoms with Gasteiger partial charge in [-0.1, -0.05) is 23.7 Å². The van der Waals surface area contributed by atoms with Gasteiger partial charge < -0.3 is 5.73 Å². The SMILES string of the molecule is NC1(C(=O)Cc2cccc(Cl)c2)CCC1. The molecule has 80 valence electrons. The molecular weight excluding hydrogens is 210 g/mol. The maximum Gasteiger partial charge on any atom is 0.156 e. The van der Waals surface area contributed by atoms with Gasteiger partial charge >= 0.3 is 0 Å². The van der Waals surface area contributed by atoms with Crippen molar-refractivity contribution < 1.29 is 4.79 Å². The van der Waals surface area contributed by atoms with Gasteiger partial charge in [-0.05, 0) is 37.0 Å². The van der Waals surface area contributed by atoms with Crippen LogP contribution in [0, 0.1) is 0 Å². The summed E-state index contributed by atoms with van der Waals surface area (Å²) in [6.07, 6.45) is 3.12. The van der Waals surface area contributed by atoms with Crippen LogP contribution in [0.2, 0.25) is 5.02 Å². The molecule has 0 bridgehead atoms. The molecule has 2 nitrogen and oxygen atoms in total. The van der Waals surface area contributed by atoms with Crippen LogP contribution < -0.4 is 5.73 Å². The largest absolute Gasteiger partial charge is 0.319 e. The van der Waals surface area contributed by atoms with E-state index in [1.54, 1.807) is 6.07 Å². The number of carbonyl (C=O) groups is 1. The van der Waals surface area contributed by atoms with Crippen molar-refractivity contribution in [1.82, 2.24) is 0 Å². The third-order valence-electron chi connectivity index (χ3n) is 3.05. The first-order chi connectivity index (χ1) is 7.10. The zero-order valence-electron chi connectivity index (χ0n) is 8.50. The molecule has 1 aliphatic rings. The van der Waals surface area contributed by atoms with Gasteiger partial charge in [0.1, 0.15) is 0 Å². The lowest BCUT2D eigenvalue weighted by Crippen LogP contribution is -2.54. The first-order valence-corrected chi connectivity index (χ1v) is 5.55. The molecule has 1 saturated carbocycles. The van der Waals surface area contributed by atoms with E-state index in [0.29, 0.717) is 11.4 Å². The Hall–Kier alpha value is -0.860. The summed E-state index contributed by atoms with van der Waals surface area (Å²) >= 11 is 5.85. The quantitative estimate of drug-likeness (QED) is 0.855. The van der Waals surface area contributed by atoms with Crippen LogP contribution in [0.4, 0.5) is 0 Å². The summed E-state index contributed by atoms with van der Waals surface area (Å²) in [7, 11) is 0. The summed E-state index contributed by atoms with van der Waals surface area (Å²) in [4.78, 5) is 11.9. The molecule has 0 saturated heterocycles. The number of benzene rings is 1. The first kappa shape index (κ1) is 10.7. The minimum atomic E-state index is -0.553. The number of nitrogens with two attached hydrogens (primary N) is 1. The lowest BCUT2D eigenvalue weighted by Gasteiger charge is -2.36. The summed E-state index contributed by atoms with van der Waals surface area (Å²) in [6.45, 7) is 0. The molecule has 1 aromatic carbocycles. The summed E-state index contributed by atoms with van der Waals surface area (Å²) in [5.41, 5.74) is 6.34. The third kappa shape index (κ3) is 2.21. The Kier molecular flexibility index (Phi) is 2.81. The van der Waals surface area contributed by atoms with Crippen LogP contribution in [0.15, 0.2) is 24.3 Å². The van der Waals surface area contributed by atoms with Gasteiger partial charge in [-0.25, -0.2) is 0 Å². The van der Waals surface area contributed by atoms with Crippen LogP contribution in [0.1, 0.15) is 24.8 Å². The van der Waals surface area contributed by atoms with Crippen molar-refractivity contribution in [2.45, 2.75) is 31.2 Å². The van der Waals surface area contributed by atoms with Crippen LogP contribution in [-0.2, 0) is 11.2 Å². The Balaban J connectivity index is 2.06. The van der Waals surface area contributed by atoms with Gasteiger partial charge in [0, 0.05) is 11.4 Å². The second-order valence-electron chi connectivity index (χ2n) is 4.24. The van der Waals surface area contributed by atoms with Crippen LogP contribution in [0.25, 0.3) is 0 Å². The van der Waals surface area contributed by atoms with Gasteiger partial charge in [-0.3, -0.25) is 4.79 Å². The molecule has 0 amide bonds. The van der Waals surface area contributed by atoms with Crippen molar-refractivity contribution in [3.8, 4) is 0 Å². The highest BCUT2D eigenvalue weighted by molar-refractivity contribution is 6.30. The van der Waals surface area contributed by atoms with Crippen LogP contribution >= 0.6 is 11.6 Å². The maximum absolute atomic E-state index is 11.9. The monoisotopic (exact) mass is 223 g/mol. The Morgan fingerprint density at radius 2 is 2.20 bits per heavy atom. The molecule has 15 heavy (non-hydrogen) atoms. The lowest BCUT2D eigenvalue weighted by atomic mass is 9.73. The van der Waals surface area contributed by atoms with Crippen LogP contribution in [0.3, 0.4) is 0 Å². The van der Waals surface area contributed by atoms with E-state index in [2.05, 4.69) is 0 Å². The molecule has 0 spiro atoms. The van der Waals surface area contributed by atoms with Crippen molar-refractivity contribution in [2.75, 3.05) is 0 Å². The molecule has 0 aliphatic heterocycles. The van der Waals surface area contributed by atoms with E-state index in [-0.39, 0.29) is 5.78 Å². The standard InChI is InChI=1S/C12H14ClNO/c13-10-4-1-3-9(7-10)8-11(15)12(14)5-2-6-12/h1,3-4,7H,2,5-6,8,14H2. The Labute approximate surface area is 94.4 Å². The third-order valence-corrected chi connectivity index (χ3v) is 3.29. The maximum atomic E-state index is 11.9. The van der Waals surface area contributed by atoms with Crippen LogP contribution in [-0.4, -0.2) is 11.3 Å². The lowest BCUT2D eigenvalue weighted by molar-refractivity contribution is -0.126. The van der Waals surface area contributed by atoms with Crippen LogP contribution in [0.5, 0.6) is 0 Å². The van der Waals surface area contributed by atoms with Gasteiger partial charge in [0.15, 0.2) is 5.78 Å². The van der Waals surface area contributed by atoms with Gasteiger partial charge in [-0.15, -0.1) is 0 Å². The molecule has 1 aromatic rings. The number of hydrogen-bond acceptors (Lipinski definition) is 2. The Morgan fingerprint density at radius 3 is 2.73 bits per heavy atom. The second kappa shape index (κ2) is 3.95. The van der Waals surface area contributed by atoms with Crippen molar-refractivity contribution in [3.63, 3.8) is 0 Å². The molecule has 0 aromatic heterocycles. The second-order valence-corrected chi connectivity index (χ2v) is 4.68. The molecule has 3 heteroatoms. The fraction of sp³-hybridized carbons (Fsp3) is 0.417. The summed E-state index contributed by atoms with van der Waals surface area (Å²) in [5.74, 6) is 0.135. The topological polar surface area (TPSA) is 43.1 Å². The normalized spacial score (nSPS) is 18.3. The zero-order valence-corrected chi connectivity index (χ0v) is 9.26. The smallest absolute Gasteiger partial charge is 0.156 e. The summed E-state index contributed by atoms with van der Waals surface area (Å²) in [5, 5.41) is 0.667. The van der Waals surface area contributed by atoms with E-state index in [0.717, 1.165) is 24.8 Å². The number of rotatable bonds is 3. The number of halogens is 1. The molecule has 0 radical (unpaired) electrons. The van der Waals surface area contributed by atoms with Gasteiger partial charge in [0.25, 0.3) is 0 Å². The van der Waals surface area contributed by atoms with E-state index in [4.69, 9.17) is 17.3 Å². The van der Waals surface area contributed by atoms with Crippen molar-refractivity contribution in [2.24, 2.45) is 5.73 Å². The minimum Gasteiger partial charge on any atom is -0.319 e. The zero-order chi connectivity index (χ0) is 10.9. The molecule has 2 rings (SSSR count). The highest BCUT2D eigenvalue weighted by Gasteiger charge is 2.39. The molecule has 1 aliphatic carbocycles. The fourth-order valence-electron chi connectivity index (χ4n) is 1.84. The molecule has 2 N–H and O–H groups in total. The van der Waals surface area contributed by atoms with E-state index in [9.17, 15) is 4.79 Å². The van der Waals surface area contributed by atoms with Gasteiger partial charge in [0.2, 0.25) is 0 Å². The van der Waals surface area contributed by atoms with Crippen molar-refractivity contribution in [3.05, 3.63) is 34.9 Å². The molecule has 0 atom stereocenters. The average Bonchev–Trinajstić information content (AvgIpc) is 2.14. The first-order valence-electron chi connectivity index (χ1n) is 5.17. The predicted molar refractivity (Wildman–Crippen MR) is 60.9 cm³/mol. The molecule has 0 heterocycles. The highest BCUT2D eigenvalue weighted by atomic mass is 35.5. The Bertz CT molecular complexity index is 385. The molecular formula is C12H14ClNO. The van der Waals surface area contributed by atoms with E-state index >= 15 is 0 Å². The predicted octanol–water partition coefficient (Wildman–Crippen LogP) is 2.33. The van der Waals surface area contributed by atoms with Crippen molar-refractivity contribution >= 4 is 17.4 Å².